The van der Waals surface area contributed by atoms with Gasteiger partial charge in [0.2, 0.25) is 5.91 Å². The number of nitrogens with one attached hydrogen (secondary N) is 1. The van der Waals surface area contributed by atoms with Crippen LogP contribution in [0.5, 0.6) is 5.75 Å². The van der Waals surface area contributed by atoms with E-state index in [1.54, 1.807) is 23.9 Å². The number of carbonyl (C=O) groups excluding carboxylic acids is 1. The fraction of sp³-hybridized carbons (Fsp3) is 0.235. The Morgan fingerprint density at radius 1 is 1.19 bits per heavy atom. The van der Waals surface area contributed by atoms with E-state index in [4.69, 9.17) is 0 Å². The fourth-order valence-corrected chi connectivity index (χ4v) is 3.72. The van der Waals surface area contributed by atoms with E-state index in [9.17, 15) is 9.90 Å². The van der Waals surface area contributed by atoms with Gasteiger partial charge in [-0.1, -0.05) is 30.3 Å². The Morgan fingerprint density at radius 2 is 1.95 bits per heavy atom. The van der Waals surface area contributed by atoms with Crippen molar-refractivity contribution in [2.75, 3.05) is 12.3 Å². The van der Waals surface area contributed by atoms with Crippen LogP contribution in [0.3, 0.4) is 0 Å². The van der Waals surface area contributed by atoms with Crippen LogP contribution in [0.2, 0.25) is 0 Å². The van der Waals surface area contributed by atoms with Crippen molar-refractivity contribution >= 4 is 17.7 Å². The molecule has 1 heterocycles. The second-order valence-corrected chi connectivity index (χ2v) is 6.17. The summed E-state index contributed by atoms with van der Waals surface area (Å²) in [5.41, 5.74) is 2.25. The Kier molecular flexibility index (Phi) is 4.15. The molecule has 0 saturated carbocycles. The standard InChI is InChI=1S/C17H17NO2S/c19-13-7-5-12(6-8-13)9-10-18-17(20)15-11-21-16-4-2-1-3-14(15)16/h1-8,15,19H,9-11H2,(H,18,20). The zero-order valence-corrected chi connectivity index (χ0v) is 12.4. The Labute approximate surface area is 128 Å². The van der Waals surface area contributed by atoms with Gasteiger partial charge in [0.15, 0.2) is 0 Å². The van der Waals surface area contributed by atoms with Gasteiger partial charge in [0, 0.05) is 17.2 Å². The first-order valence-electron chi connectivity index (χ1n) is 7.01. The van der Waals surface area contributed by atoms with Gasteiger partial charge in [-0.25, -0.2) is 0 Å². The molecule has 2 aromatic carbocycles. The van der Waals surface area contributed by atoms with Crippen LogP contribution in [0.1, 0.15) is 17.0 Å². The van der Waals surface area contributed by atoms with Crippen LogP contribution in [0, 0.1) is 0 Å². The summed E-state index contributed by atoms with van der Waals surface area (Å²) in [4.78, 5) is 13.5. The Hall–Kier alpha value is -1.94. The minimum atomic E-state index is -0.0361. The number of thioether (sulfide) groups is 1. The molecular formula is C17H17NO2S. The minimum absolute atomic E-state index is 0.0361. The van der Waals surface area contributed by atoms with Gasteiger partial charge in [-0.3, -0.25) is 4.79 Å². The van der Waals surface area contributed by atoms with Crippen molar-refractivity contribution in [3.63, 3.8) is 0 Å². The number of phenolic OH excluding ortho intramolecular Hbond substituents is 1. The van der Waals surface area contributed by atoms with E-state index in [0.717, 1.165) is 23.3 Å². The van der Waals surface area contributed by atoms with Crippen LogP contribution in [0.15, 0.2) is 53.4 Å². The van der Waals surface area contributed by atoms with Gasteiger partial charge in [0.05, 0.1) is 5.92 Å². The Balaban J connectivity index is 1.54. The van der Waals surface area contributed by atoms with Gasteiger partial charge in [0.25, 0.3) is 0 Å². The average molecular weight is 299 g/mol. The highest BCUT2D eigenvalue weighted by molar-refractivity contribution is 7.99. The van der Waals surface area contributed by atoms with Crippen molar-refractivity contribution in [1.82, 2.24) is 5.32 Å². The van der Waals surface area contributed by atoms with E-state index < -0.39 is 0 Å². The molecule has 2 aromatic rings. The quantitative estimate of drug-likeness (QED) is 0.912. The highest BCUT2D eigenvalue weighted by atomic mass is 32.2. The second-order valence-electron chi connectivity index (χ2n) is 5.11. The first-order chi connectivity index (χ1) is 10.2. The number of phenols is 1. The third-order valence-electron chi connectivity index (χ3n) is 3.67. The summed E-state index contributed by atoms with van der Waals surface area (Å²) in [7, 11) is 0. The summed E-state index contributed by atoms with van der Waals surface area (Å²) in [6.45, 7) is 0.618. The molecule has 0 aromatic heterocycles. The number of amides is 1. The highest BCUT2D eigenvalue weighted by Crippen LogP contribution is 2.39. The molecule has 4 heteroatoms. The lowest BCUT2D eigenvalue weighted by atomic mass is 10.0. The maximum absolute atomic E-state index is 12.3. The molecule has 3 nitrogen and oxygen atoms in total. The van der Waals surface area contributed by atoms with Crippen LogP contribution >= 0.6 is 11.8 Å². The van der Waals surface area contributed by atoms with E-state index in [0.29, 0.717) is 6.54 Å². The van der Waals surface area contributed by atoms with Gasteiger partial charge < -0.3 is 10.4 Å². The largest absolute Gasteiger partial charge is 0.508 e. The maximum atomic E-state index is 12.3. The summed E-state index contributed by atoms with van der Waals surface area (Å²) in [6.07, 6.45) is 0.771. The van der Waals surface area contributed by atoms with E-state index in [1.807, 2.05) is 30.3 Å². The molecule has 1 atom stereocenters. The molecular weight excluding hydrogens is 282 g/mol. The van der Waals surface area contributed by atoms with Crippen molar-refractivity contribution in [3.05, 3.63) is 59.7 Å². The predicted molar refractivity (Wildman–Crippen MR) is 84.7 cm³/mol. The summed E-state index contributed by atoms with van der Waals surface area (Å²) < 4.78 is 0. The SMILES string of the molecule is O=C(NCCc1ccc(O)cc1)C1CSc2ccccc21. The lowest BCUT2D eigenvalue weighted by Crippen LogP contribution is -2.31. The molecule has 21 heavy (non-hydrogen) atoms. The molecule has 0 bridgehead atoms. The Bertz CT molecular complexity index is 639. The molecule has 1 amide bonds. The van der Waals surface area contributed by atoms with E-state index in [1.165, 1.54) is 4.90 Å². The monoisotopic (exact) mass is 299 g/mol. The zero-order valence-electron chi connectivity index (χ0n) is 11.6. The van der Waals surface area contributed by atoms with Crippen molar-refractivity contribution in [2.45, 2.75) is 17.2 Å². The first kappa shape index (κ1) is 14.0. The van der Waals surface area contributed by atoms with Crippen molar-refractivity contribution in [2.24, 2.45) is 0 Å². The summed E-state index contributed by atoms with van der Waals surface area (Å²) in [6, 6.07) is 15.2. The molecule has 0 radical (unpaired) electrons. The van der Waals surface area contributed by atoms with Gasteiger partial charge in [-0.2, -0.15) is 0 Å². The lowest BCUT2D eigenvalue weighted by molar-refractivity contribution is -0.122. The number of hydrogen-bond donors (Lipinski definition) is 2. The van der Waals surface area contributed by atoms with Crippen LogP contribution in [-0.2, 0) is 11.2 Å². The summed E-state index contributed by atoms with van der Waals surface area (Å²) >= 11 is 1.75. The normalized spacial score (nSPS) is 16.5. The third-order valence-corrected chi connectivity index (χ3v) is 4.85. The topological polar surface area (TPSA) is 49.3 Å². The molecule has 1 unspecified atom stereocenters. The smallest absolute Gasteiger partial charge is 0.228 e. The number of aromatic hydroxyl groups is 1. The number of benzene rings is 2. The number of rotatable bonds is 4. The highest BCUT2D eigenvalue weighted by Gasteiger charge is 2.28. The van der Waals surface area contributed by atoms with Gasteiger partial charge in [0.1, 0.15) is 5.75 Å². The van der Waals surface area contributed by atoms with E-state index in [2.05, 4.69) is 11.4 Å². The van der Waals surface area contributed by atoms with Gasteiger partial charge in [-0.05, 0) is 35.7 Å². The number of carbonyl (C=O) groups is 1. The molecule has 3 rings (SSSR count). The van der Waals surface area contributed by atoms with E-state index >= 15 is 0 Å². The second kappa shape index (κ2) is 6.22. The molecule has 1 aliphatic heterocycles. The summed E-state index contributed by atoms with van der Waals surface area (Å²) in [5, 5.41) is 12.2. The third kappa shape index (κ3) is 3.22. The van der Waals surface area contributed by atoms with Gasteiger partial charge in [-0.15, -0.1) is 11.8 Å². The molecule has 0 saturated heterocycles. The van der Waals surface area contributed by atoms with Gasteiger partial charge >= 0.3 is 0 Å². The van der Waals surface area contributed by atoms with E-state index in [-0.39, 0.29) is 17.6 Å². The molecule has 0 fully saturated rings. The average Bonchev–Trinajstić information content (AvgIpc) is 2.93. The van der Waals surface area contributed by atoms with Crippen LogP contribution in [0.4, 0.5) is 0 Å². The molecule has 2 N–H and O–H groups in total. The Morgan fingerprint density at radius 3 is 2.76 bits per heavy atom. The van der Waals surface area contributed by atoms with Crippen molar-refractivity contribution in [3.8, 4) is 5.75 Å². The minimum Gasteiger partial charge on any atom is -0.508 e. The van der Waals surface area contributed by atoms with Crippen LogP contribution in [-0.4, -0.2) is 23.3 Å². The first-order valence-corrected chi connectivity index (χ1v) is 8.00. The molecule has 1 aliphatic rings. The molecule has 108 valence electrons. The molecule has 0 spiro atoms. The maximum Gasteiger partial charge on any atom is 0.228 e. The number of fused-ring (bicyclic) bond motifs is 1. The fourth-order valence-electron chi connectivity index (χ4n) is 2.50. The van der Waals surface area contributed by atoms with Crippen LogP contribution in [0.25, 0.3) is 0 Å². The van der Waals surface area contributed by atoms with Crippen LogP contribution < -0.4 is 5.32 Å². The summed E-state index contributed by atoms with van der Waals surface area (Å²) in [5.74, 6) is 1.16. The zero-order chi connectivity index (χ0) is 14.7. The van der Waals surface area contributed by atoms with Crippen molar-refractivity contribution in [1.29, 1.82) is 0 Å². The number of hydrogen-bond acceptors (Lipinski definition) is 3. The van der Waals surface area contributed by atoms with Crippen molar-refractivity contribution < 1.29 is 9.90 Å². The lowest BCUT2D eigenvalue weighted by Gasteiger charge is -2.11. The molecule has 0 aliphatic carbocycles. The predicted octanol–water partition coefficient (Wildman–Crippen LogP) is 2.94.